The van der Waals surface area contributed by atoms with Crippen molar-refractivity contribution in [1.82, 2.24) is 10.2 Å². The van der Waals surface area contributed by atoms with E-state index in [0.717, 1.165) is 25.1 Å². The first-order chi connectivity index (χ1) is 8.18. The Kier molecular flexibility index (Phi) is 5.14. The number of benzene rings is 1. The van der Waals surface area contributed by atoms with Crippen molar-refractivity contribution in [3.8, 4) is 6.07 Å². The maximum absolute atomic E-state index is 9.48. The van der Waals surface area contributed by atoms with Crippen LogP contribution in [0, 0.1) is 11.3 Å². The fourth-order valence-electron chi connectivity index (χ4n) is 1.83. The number of nitrogens with one attached hydrogen (secondary N) is 1. The molecule has 0 saturated carbocycles. The van der Waals surface area contributed by atoms with Gasteiger partial charge in [-0.15, -0.1) is 0 Å². The van der Waals surface area contributed by atoms with Gasteiger partial charge in [-0.1, -0.05) is 37.3 Å². The molecule has 1 aromatic rings. The highest BCUT2D eigenvalue weighted by Gasteiger charge is 2.29. The lowest BCUT2D eigenvalue weighted by Gasteiger charge is -2.28. The number of rotatable bonds is 6. The molecule has 1 rings (SSSR count). The third-order valence-corrected chi connectivity index (χ3v) is 3.29. The maximum atomic E-state index is 9.48. The van der Waals surface area contributed by atoms with Gasteiger partial charge in [0.2, 0.25) is 0 Å². The van der Waals surface area contributed by atoms with Gasteiger partial charge in [-0.25, -0.2) is 0 Å². The highest BCUT2D eigenvalue weighted by molar-refractivity contribution is 5.31. The van der Waals surface area contributed by atoms with E-state index in [4.69, 9.17) is 0 Å². The zero-order chi connectivity index (χ0) is 12.7. The fraction of sp³-hybridized carbons (Fsp3) is 0.500. The van der Waals surface area contributed by atoms with Crippen molar-refractivity contribution in [3.63, 3.8) is 0 Å². The predicted octanol–water partition coefficient (Wildman–Crippen LogP) is 1.97. The smallest absolute Gasteiger partial charge is 0.133 e. The first kappa shape index (κ1) is 13.7. The van der Waals surface area contributed by atoms with Gasteiger partial charge in [0.25, 0.3) is 0 Å². The summed E-state index contributed by atoms with van der Waals surface area (Å²) in [5.74, 6) is 0. The van der Waals surface area contributed by atoms with E-state index in [0.29, 0.717) is 0 Å². The van der Waals surface area contributed by atoms with Crippen LogP contribution in [-0.2, 0) is 5.54 Å². The Hall–Kier alpha value is -1.37. The van der Waals surface area contributed by atoms with Crippen LogP contribution >= 0.6 is 0 Å². The summed E-state index contributed by atoms with van der Waals surface area (Å²) < 4.78 is 0. The van der Waals surface area contributed by atoms with Gasteiger partial charge in [-0.3, -0.25) is 5.32 Å². The molecule has 0 bridgehead atoms. The lowest BCUT2D eigenvalue weighted by molar-refractivity contribution is 0.298. The lowest BCUT2D eigenvalue weighted by Crippen LogP contribution is -2.41. The van der Waals surface area contributed by atoms with E-state index in [2.05, 4.69) is 30.3 Å². The second-order valence-electron chi connectivity index (χ2n) is 4.28. The summed E-state index contributed by atoms with van der Waals surface area (Å²) in [5.41, 5.74) is 0.458. The molecular weight excluding hydrogens is 210 g/mol. The first-order valence-electron chi connectivity index (χ1n) is 6.02. The summed E-state index contributed by atoms with van der Waals surface area (Å²) in [4.78, 5) is 2.21. The molecule has 1 N–H and O–H groups in total. The van der Waals surface area contributed by atoms with Crippen LogP contribution in [0.3, 0.4) is 0 Å². The molecule has 0 aliphatic carbocycles. The predicted molar refractivity (Wildman–Crippen MR) is 70.6 cm³/mol. The van der Waals surface area contributed by atoms with E-state index >= 15 is 0 Å². The van der Waals surface area contributed by atoms with E-state index in [1.54, 1.807) is 0 Å². The Morgan fingerprint density at radius 1 is 1.35 bits per heavy atom. The zero-order valence-corrected chi connectivity index (χ0v) is 10.9. The van der Waals surface area contributed by atoms with Crippen molar-refractivity contribution in [2.75, 3.05) is 27.2 Å². The average Bonchev–Trinajstić information content (AvgIpc) is 2.41. The Morgan fingerprint density at radius 2 is 2.00 bits per heavy atom. The second kappa shape index (κ2) is 6.39. The van der Waals surface area contributed by atoms with Crippen LogP contribution in [0.4, 0.5) is 0 Å². The van der Waals surface area contributed by atoms with Crippen LogP contribution in [0.5, 0.6) is 0 Å². The van der Waals surface area contributed by atoms with Crippen LogP contribution in [0.2, 0.25) is 0 Å². The minimum atomic E-state index is -0.579. The van der Waals surface area contributed by atoms with Gasteiger partial charge in [0.1, 0.15) is 5.54 Å². The second-order valence-corrected chi connectivity index (χ2v) is 4.28. The largest absolute Gasteiger partial charge is 0.307 e. The number of hydrogen-bond acceptors (Lipinski definition) is 3. The Labute approximate surface area is 104 Å². The summed E-state index contributed by atoms with van der Waals surface area (Å²) in [6, 6.07) is 12.4. The Bertz CT molecular complexity index is 369. The molecule has 0 amide bonds. The van der Waals surface area contributed by atoms with Crippen LogP contribution in [0.25, 0.3) is 0 Å². The SMILES string of the molecule is CCN(C)CCC(C#N)(NC)c1ccccc1. The maximum Gasteiger partial charge on any atom is 0.133 e. The fourth-order valence-corrected chi connectivity index (χ4v) is 1.83. The van der Waals surface area contributed by atoms with Crippen LogP contribution in [-0.4, -0.2) is 32.1 Å². The van der Waals surface area contributed by atoms with Crippen molar-refractivity contribution in [1.29, 1.82) is 5.26 Å². The molecule has 1 atom stereocenters. The summed E-state index contributed by atoms with van der Waals surface area (Å²) in [5, 5.41) is 12.7. The molecule has 1 aromatic carbocycles. The highest BCUT2D eigenvalue weighted by Crippen LogP contribution is 2.24. The average molecular weight is 231 g/mol. The minimum Gasteiger partial charge on any atom is -0.307 e. The molecule has 0 fully saturated rings. The molecule has 0 aliphatic heterocycles. The molecule has 92 valence electrons. The molecule has 3 heteroatoms. The molecule has 0 aliphatic rings. The molecule has 0 radical (unpaired) electrons. The molecule has 0 spiro atoms. The van der Waals surface area contributed by atoms with Gasteiger partial charge in [-0.2, -0.15) is 5.26 Å². The van der Waals surface area contributed by atoms with Gasteiger partial charge in [0, 0.05) is 6.54 Å². The van der Waals surface area contributed by atoms with E-state index in [1.807, 2.05) is 37.4 Å². The molecule has 0 aromatic heterocycles. The highest BCUT2D eigenvalue weighted by atomic mass is 15.1. The van der Waals surface area contributed by atoms with Gasteiger partial charge >= 0.3 is 0 Å². The first-order valence-corrected chi connectivity index (χ1v) is 6.02. The summed E-state index contributed by atoms with van der Waals surface area (Å²) in [7, 11) is 3.92. The van der Waals surface area contributed by atoms with Crippen LogP contribution < -0.4 is 5.32 Å². The number of hydrogen-bond donors (Lipinski definition) is 1. The number of nitrogens with zero attached hydrogens (tertiary/aromatic N) is 2. The van der Waals surface area contributed by atoms with Crippen molar-refractivity contribution >= 4 is 0 Å². The molecule has 0 saturated heterocycles. The monoisotopic (exact) mass is 231 g/mol. The van der Waals surface area contributed by atoms with Gasteiger partial charge < -0.3 is 4.90 Å². The lowest BCUT2D eigenvalue weighted by atomic mass is 9.88. The third kappa shape index (κ3) is 3.29. The Balaban J connectivity index is 2.87. The van der Waals surface area contributed by atoms with Crippen molar-refractivity contribution < 1.29 is 0 Å². The Morgan fingerprint density at radius 3 is 2.47 bits per heavy atom. The van der Waals surface area contributed by atoms with Crippen molar-refractivity contribution in [3.05, 3.63) is 35.9 Å². The normalized spacial score (nSPS) is 14.3. The molecule has 1 unspecified atom stereocenters. The minimum absolute atomic E-state index is 0.579. The summed E-state index contributed by atoms with van der Waals surface area (Å²) in [6.07, 6.45) is 0.786. The van der Waals surface area contributed by atoms with E-state index in [-0.39, 0.29) is 0 Å². The summed E-state index contributed by atoms with van der Waals surface area (Å²) in [6.45, 7) is 4.02. The van der Waals surface area contributed by atoms with Crippen molar-refractivity contribution in [2.24, 2.45) is 0 Å². The standard InChI is InChI=1S/C14H21N3/c1-4-17(3)11-10-14(12-15,16-2)13-8-6-5-7-9-13/h5-9,16H,4,10-11H2,1-3H3. The molecule has 3 nitrogen and oxygen atoms in total. The van der Waals surface area contributed by atoms with Crippen LogP contribution in [0.1, 0.15) is 18.9 Å². The summed E-state index contributed by atoms with van der Waals surface area (Å²) >= 11 is 0. The quantitative estimate of drug-likeness (QED) is 0.813. The van der Waals surface area contributed by atoms with Crippen molar-refractivity contribution in [2.45, 2.75) is 18.9 Å². The molecular formula is C14H21N3. The zero-order valence-electron chi connectivity index (χ0n) is 10.9. The van der Waals surface area contributed by atoms with E-state index in [9.17, 15) is 5.26 Å². The van der Waals surface area contributed by atoms with E-state index in [1.165, 1.54) is 0 Å². The third-order valence-electron chi connectivity index (χ3n) is 3.29. The van der Waals surface area contributed by atoms with Gasteiger partial charge in [0.15, 0.2) is 0 Å². The van der Waals surface area contributed by atoms with Gasteiger partial charge in [0.05, 0.1) is 6.07 Å². The number of nitriles is 1. The topological polar surface area (TPSA) is 39.1 Å². The van der Waals surface area contributed by atoms with E-state index < -0.39 is 5.54 Å². The van der Waals surface area contributed by atoms with Gasteiger partial charge in [-0.05, 0) is 32.6 Å². The van der Waals surface area contributed by atoms with Crippen LogP contribution in [0.15, 0.2) is 30.3 Å². The molecule has 17 heavy (non-hydrogen) atoms. The molecule has 0 heterocycles.